The number of esters is 1. The average Bonchev–Trinajstić information content (AvgIpc) is 3.58. The lowest BCUT2D eigenvalue weighted by atomic mass is 9.93. The summed E-state index contributed by atoms with van der Waals surface area (Å²) in [6, 6.07) is 10.1. The lowest BCUT2D eigenvalue weighted by Crippen LogP contribution is -2.49. The van der Waals surface area contributed by atoms with E-state index in [9.17, 15) is 32.7 Å². The first-order chi connectivity index (χ1) is 17.5. The summed E-state index contributed by atoms with van der Waals surface area (Å²) in [5.41, 5.74) is -1.67. The predicted molar refractivity (Wildman–Crippen MR) is 124 cm³/mol. The molecule has 5 rings (SSSR count). The summed E-state index contributed by atoms with van der Waals surface area (Å²) < 4.78 is 45.8. The van der Waals surface area contributed by atoms with Crippen LogP contribution in [0.3, 0.4) is 0 Å². The minimum absolute atomic E-state index is 0.00323. The fourth-order valence-electron chi connectivity index (χ4n) is 4.17. The molecule has 0 fully saturated rings. The van der Waals surface area contributed by atoms with Crippen molar-refractivity contribution >= 4 is 46.3 Å². The highest BCUT2D eigenvalue weighted by Gasteiger charge is 2.57. The number of H-pyrrole nitrogens is 1. The molecule has 0 spiro atoms. The number of fused-ring (bicyclic) bond motifs is 2. The van der Waals surface area contributed by atoms with Gasteiger partial charge in [0.25, 0.3) is 5.91 Å². The molecule has 0 radical (unpaired) electrons. The van der Waals surface area contributed by atoms with Crippen LogP contribution in [0.2, 0.25) is 0 Å². The minimum Gasteiger partial charge on any atom is -0.465 e. The van der Waals surface area contributed by atoms with Crippen molar-refractivity contribution in [1.29, 1.82) is 0 Å². The number of ether oxygens (including phenoxy) is 1. The van der Waals surface area contributed by atoms with Crippen LogP contribution < -0.4 is 4.90 Å². The minimum atomic E-state index is -5.35. The second-order valence-electron chi connectivity index (χ2n) is 8.03. The van der Waals surface area contributed by atoms with Gasteiger partial charge in [0.05, 0.1) is 17.6 Å². The molecule has 190 valence electrons. The topological polar surface area (TPSA) is 129 Å². The second kappa shape index (κ2) is 8.58. The summed E-state index contributed by atoms with van der Waals surface area (Å²) in [5, 5.41) is 11.3. The van der Waals surface area contributed by atoms with Crippen molar-refractivity contribution in [2.24, 2.45) is 0 Å². The largest absolute Gasteiger partial charge is 0.491 e. The monoisotopic (exact) mass is 531 g/mol. The number of alkyl halides is 3. The van der Waals surface area contributed by atoms with Gasteiger partial charge in [-0.15, -0.1) is 11.3 Å². The molecule has 10 nitrogen and oxygen atoms in total. The molecular weight excluding hydrogens is 515 g/mol. The molecule has 0 bridgehead atoms. The van der Waals surface area contributed by atoms with Gasteiger partial charge in [0.1, 0.15) is 5.01 Å². The highest BCUT2D eigenvalue weighted by Crippen LogP contribution is 2.47. The maximum Gasteiger partial charge on any atom is 0.491 e. The SMILES string of the molecule is CN(C(=O)O)c1nc2cc(C3(OC(=O)C(F)(F)F)c4ccccc4C(=O)N3Cc3nccs3)ccc2[nH]1. The van der Waals surface area contributed by atoms with E-state index >= 15 is 0 Å². The molecule has 3 heterocycles. The highest BCUT2D eigenvalue weighted by molar-refractivity contribution is 7.09. The van der Waals surface area contributed by atoms with Gasteiger partial charge in [-0.05, 0) is 18.2 Å². The lowest BCUT2D eigenvalue weighted by Gasteiger charge is -2.38. The third-order valence-corrected chi connectivity index (χ3v) is 6.63. The van der Waals surface area contributed by atoms with Gasteiger partial charge in [-0.3, -0.25) is 14.6 Å². The fraction of sp³-hybridized carbons (Fsp3) is 0.174. The number of anilines is 1. The Balaban J connectivity index is 1.75. The van der Waals surface area contributed by atoms with Crippen LogP contribution in [0.4, 0.5) is 23.9 Å². The Morgan fingerprint density at radius 2 is 2.00 bits per heavy atom. The van der Waals surface area contributed by atoms with Gasteiger partial charge in [-0.1, -0.05) is 24.3 Å². The number of hydrogen-bond donors (Lipinski definition) is 2. The Kier molecular flexibility index (Phi) is 5.62. The first kappa shape index (κ1) is 24.2. The van der Waals surface area contributed by atoms with Crippen LogP contribution in [-0.2, 0) is 21.8 Å². The average molecular weight is 531 g/mol. The molecule has 37 heavy (non-hydrogen) atoms. The van der Waals surface area contributed by atoms with E-state index in [4.69, 9.17) is 4.74 Å². The quantitative estimate of drug-likeness (QED) is 0.371. The number of carboxylic acid groups (broad SMARTS) is 1. The molecule has 2 amide bonds. The molecule has 2 N–H and O–H groups in total. The van der Waals surface area contributed by atoms with E-state index in [1.807, 2.05) is 0 Å². The zero-order valence-corrected chi connectivity index (χ0v) is 19.6. The molecule has 2 aromatic carbocycles. The van der Waals surface area contributed by atoms with Crippen LogP contribution in [0.5, 0.6) is 0 Å². The van der Waals surface area contributed by atoms with Crippen LogP contribution in [-0.4, -0.2) is 56.2 Å². The van der Waals surface area contributed by atoms with Crippen LogP contribution in [0.25, 0.3) is 11.0 Å². The number of imidazole rings is 1. The molecular formula is C23H16F3N5O5S. The number of aromatic amines is 1. The summed E-state index contributed by atoms with van der Waals surface area (Å²) in [6.07, 6.45) is -5.17. The molecule has 0 aliphatic carbocycles. The fourth-order valence-corrected chi connectivity index (χ4v) is 4.78. The molecule has 14 heteroatoms. The Labute approximate surface area is 209 Å². The molecule has 1 aliphatic heterocycles. The van der Waals surface area contributed by atoms with Crippen molar-refractivity contribution in [2.45, 2.75) is 18.4 Å². The Hall–Kier alpha value is -4.46. The van der Waals surface area contributed by atoms with Gasteiger partial charge >= 0.3 is 18.2 Å². The van der Waals surface area contributed by atoms with Crippen molar-refractivity contribution < 1.29 is 37.4 Å². The zero-order chi connectivity index (χ0) is 26.5. The van der Waals surface area contributed by atoms with Crippen LogP contribution in [0, 0.1) is 0 Å². The van der Waals surface area contributed by atoms with E-state index in [0.717, 1.165) is 9.80 Å². The molecule has 2 aromatic heterocycles. The molecule has 1 atom stereocenters. The number of benzene rings is 2. The van der Waals surface area contributed by atoms with Gasteiger partial charge in [0, 0.05) is 35.3 Å². The normalized spacial score (nSPS) is 17.2. The van der Waals surface area contributed by atoms with Crippen LogP contribution in [0.15, 0.2) is 54.0 Å². The Bertz CT molecular complexity index is 1540. The maximum absolute atomic E-state index is 13.5. The number of nitrogens with one attached hydrogen (secondary N) is 1. The summed E-state index contributed by atoms with van der Waals surface area (Å²) in [6.45, 7) is -0.248. The van der Waals surface area contributed by atoms with Gasteiger partial charge in [0.15, 0.2) is 0 Å². The van der Waals surface area contributed by atoms with E-state index in [0.29, 0.717) is 10.5 Å². The van der Waals surface area contributed by atoms with Crippen molar-refractivity contribution in [3.8, 4) is 0 Å². The number of halogens is 3. The third kappa shape index (κ3) is 3.94. The molecule has 4 aromatic rings. The van der Waals surface area contributed by atoms with E-state index in [2.05, 4.69) is 15.0 Å². The number of amides is 2. The number of thiazole rings is 1. The van der Waals surface area contributed by atoms with Crippen LogP contribution in [0.1, 0.15) is 26.5 Å². The van der Waals surface area contributed by atoms with Gasteiger partial charge in [-0.2, -0.15) is 13.2 Å². The summed E-state index contributed by atoms with van der Waals surface area (Å²) in [7, 11) is 1.26. The first-order valence-electron chi connectivity index (χ1n) is 10.6. The van der Waals surface area contributed by atoms with Crippen LogP contribution >= 0.6 is 11.3 Å². The second-order valence-corrected chi connectivity index (χ2v) is 9.01. The maximum atomic E-state index is 13.5. The van der Waals surface area contributed by atoms with Crippen molar-refractivity contribution in [3.63, 3.8) is 0 Å². The first-order valence-corrected chi connectivity index (χ1v) is 11.5. The van der Waals surface area contributed by atoms with Crippen molar-refractivity contribution in [1.82, 2.24) is 19.9 Å². The zero-order valence-electron chi connectivity index (χ0n) is 18.8. The van der Waals surface area contributed by atoms with Gasteiger partial charge < -0.3 is 14.8 Å². The number of nitrogens with zero attached hydrogens (tertiary/aromatic N) is 4. The van der Waals surface area contributed by atoms with Gasteiger partial charge in [0.2, 0.25) is 11.7 Å². The smallest absolute Gasteiger partial charge is 0.465 e. The number of rotatable bonds is 5. The lowest BCUT2D eigenvalue weighted by molar-refractivity contribution is -0.222. The number of hydrogen-bond acceptors (Lipinski definition) is 7. The molecule has 1 aliphatic rings. The van der Waals surface area contributed by atoms with E-state index < -0.39 is 29.9 Å². The van der Waals surface area contributed by atoms with Gasteiger partial charge in [-0.25, -0.2) is 19.6 Å². The molecule has 0 saturated heterocycles. The highest BCUT2D eigenvalue weighted by atomic mass is 32.1. The van der Waals surface area contributed by atoms with Crippen molar-refractivity contribution in [2.75, 3.05) is 11.9 Å². The number of aromatic nitrogens is 3. The summed E-state index contributed by atoms with van der Waals surface area (Å²) in [5.74, 6) is -3.19. The summed E-state index contributed by atoms with van der Waals surface area (Å²) >= 11 is 1.18. The van der Waals surface area contributed by atoms with E-state index in [1.165, 1.54) is 61.0 Å². The standard InChI is InChI=1S/C23H16F3N5O5S/c1-30(21(34)35)20-28-15-7-6-12(10-16(15)29-20)22(36-19(33)23(24,25)26)14-5-3-2-4-13(14)18(32)31(22)11-17-27-8-9-37-17/h2-10H,11H2,1H3,(H,28,29)(H,34,35). The van der Waals surface area contributed by atoms with E-state index in [1.54, 1.807) is 11.4 Å². The van der Waals surface area contributed by atoms with Crippen molar-refractivity contribution in [3.05, 3.63) is 75.7 Å². The number of carbonyl (C=O) groups is 3. The number of carbonyl (C=O) groups excluding carboxylic acids is 2. The molecule has 0 saturated carbocycles. The Morgan fingerprint density at radius 1 is 1.24 bits per heavy atom. The third-order valence-electron chi connectivity index (χ3n) is 5.86. The Morgan fingerprint density at radius 3 is 2.68 bits per heavy atom. The van der Waals surface area contributed by atoms with E-state index in [-0.39, 0.29) is 34.7 Å². The summed E-state index contributed by atoms with van der Waals surface area (Å²) in [4.78, 5) is 50.2. The predicted octanol–water partition coefficient (Wildman–Crippen LogP) is 4.10. The molecule has 1 unspecified atom stereocenters.